The summed E-state index contributed by atoms with van der Waals surface area (Å²) in [5, 5.41) is 1.28. The maximum absolute atomic E-state index is 12.8. The Bertz CT molecular complexity index is 1500. The molecule has 0 fully saturated rings. The molecule has 0 saturated heterocycles. The minimum Gasteiger partial charge on any atom is -0.467 e. The lowest BCUT2D eigenvalue weighted by Crippen LogP contribution is -2.36. The minimum absolute atomic E-state index is 0.343. The highest BCUT2D eigenvalue weighted by atomic mass is 19.4. The highest BCUT2D eigenvalue weighted by Gasteiger charge is 2.34. The highest BCUT2D eigenvalue weighted by Crippen LogP contribution is 2.34. The first-order chi connectivity index (χ1) is 18.0. The predicted molar refractivity (Wildman–Crippen MR) is 132 cm³/mol. The fourth-order valence-electron chi connectivity index (χ4n) is 4.09. The van der Waals surface area contributed by atoms with Gasteiger partial charge in [0.1, 0.15) is 11.6 Å². The average molecular weight is 557 g/mol. The van der Waals surface area contributed by atoms with Crippen LogP contribution in [0.1, 0.15) is 37.9 Å². The molecule has 12 heteroatoms. The first-order valence-electron chi connectivity index (χ1n) is 11.5. The Morgan fingerprint density at radius 3 is 1.72 bits per heavy atom. The molecule has 4 aromatic rings. The molecule has 4 rings (SSSR count). The molecular weight excluding hydrogens is 530 g/mol. The third kappa shape index (κ3) is 6.04. The summed E-state index contributed by atoms with van der Waals surface area (Å²) in [7, 11) is 2.49. The van der Waals surface area contributed by atoms with Crippen molar-refractivity contribution in [2.24, 2.45) is 0 Å². The summed E-state index contributed by atoms with van der Waals surface area (Å²) in [5.41, 5.74) is -1.87. The SMILES string of the molecule is COC(=O)C(C)(C)n1ccc2ccc(C(F)(F)F)cc21.COC(=O)C(C)n1ccc2ccc(C(F)(F)F)cc21. The van der Waals surface area contributed by atoms with Crippen LogP contribution in [0.4, 0.5) is 26.3 Å². The van der Waals surface area contributed by atoms with Crippen molar-refractivity contribution in [3.8, 4) is 0 Å². The van der Waals surface area contributed by atoms with Gasteiger partial charge in [0.15, 0.2) is 0 Å². The number of carbonyl (C=O) groups is 2. The van der Waals surface area contributed by atoms with Crippen LogP contribution in [0.2, 0.25) is 0 Å². The van der Waals surface area contributed by atoms with Crippen molar-refractivity contribution in [2.45, 2.75) is 44.7 Å². The molecule has 2 heterocycles. The molecule has 0 radical (unpaired) electrons. The summed E-state index contributed by atoms with van der Waals surface area (Å²) >= 11 is 0. The summed E-state index contributed by atoms with van der Waals surface area (Å²) in [5.74, 6) is -1.03. The Kier molecular flexibility index (Phi) is 8.09. The van der Waals surface area contributed by atoms with Crippen LogP contribution in [-0.4, -0.2) is 35.3 Å². The van der Waals surface area contributed by atoms with E-state index in [0.717, 1.165) is 24.3 Å². The quantitative estimate of drug-likeness (QED) is 0.201. The zero-order valence-corrected chi connectivity index (χ0v) is 21.6. The van der Waals surface area contributed by atoms with Crippen molar-refractivity contribution in [3.63, 3.8) is 0 Å². The van der Waals surface area contributed by atoms with Crippen molar-refractivity contribution >= 4 is 33.7 Å². The maximum atomic E-state index is 12.8. The molecule has 0 spiro atoms. The van der Waals surface area contributed by atoms with Gasteiger partial charge in [-0.1, -0.05) is 12.1 Å². The normalized spacial score (nSPS) is 13.1. The molecule has 0 aliphatic carbocycles. The number of methoxy groups -OCH3 is 2. The monoisotopic (exact) mass is 556 g/mol. The number of esters is 2. The second kappa shape index (κ2) is 10.7. The van der Waals surface area contributed by atoms with Crippen LogP contribution >= 0.6 is 0 Å². The summed E-state index contributed by atoms with van der Waals surface area (Å²) in [4.78, 5) is 23.3. The van der Waals surface area contributed by atoms with Crippen LogP contribution < -0.4 is 0 Å². The molecule has 0 N–H and O–H groups in total. The van der Waals surface area contributed by atoms with Gasteiger partial charge < -0.3 is 18.6 Å². The van der Waals surface area contributed by atoms with Gasteiger partial charge in [-0.15, -0.1) is 0 Å². The van der Waals surface area contributed by atoms with Crippen molar-refractivity contribution in [1.29, 1.82) is 0 Å². The molecule has 210 valence electrons. The number of benzene rings is 2. The Labute approximate surface area is 219 Å². The number of fused-ring (bicyclic) bond motifs is 2. The average Bonchev–Trinajstić information content (AvgIpc) is 3.50. The van der Waals surface area contributed by atoms with E-state index >= 15 is 0 Å². The van der Waals surface area contributed by atoms with Crippen LogP contribution in [0.15, 0.2) is 60.9 Å². The number of hydrogen-bond acceptors (Lipinski definition) is 4. The lowest BCUT2D eigenvalue weighted by molar-refractivity contribution is -0.149. The fraction of sp³-hybridized carbons (Fsp3) is 0.333. The van der Waals surface area contributed by atoms with Gasteiger partial charge in [0.2, 0.25) is 0 Å². The maximum Gasteiger partial charge on any atom is 0.416 e. The van der Waals surface area contributed by atoms with Gasteiger partial charge in [-0.2, -0.15) is 26.3 Å². The van der Waals surface area contributed by atoms with Crippen molar-refractivity contribution in [2.75, 3.05) is 14.2 Å². The van der Waals surface area contributed by atoms with Crippen LogP contribution in [0, 0.1) is 0 Å². The third-order valence-corrected chi connectivity index (χ3v) is 6.32. The van der Waals surface area contributed by atoms with E-state index in [-0.39, 0.29) is 0 Å². The molecule has 2 aromatic carbocycles. The molecule has 39 heavy (non-hydrogen) atoms. The van der Waals surface area contributed by atoms with Gasteiger partial charge >= 0.3 is 24.3 Å². The van der Waals surface area contributed by atoms with Gasteiger partial charge in [0.25, 0.3) is 0 Å². The number of ether oxygens (including phenoxy) is 2. The molecule has 0 aliphatic rings. The Balaban J connectivity index is 0.000000216. The van der Waals surface area contributed by atoms with Gasteiger partial charge in [-0.25, -0.2) is 9.59 Å². The van der Waals surface area contributed by atoms with Crippen molar-refractivity contribution in [3.05, 3.63) is 72.1 Å². The number of halogens is 6. The molecule has 1 unspecified atom stereocenters. The number of aromatic nitrogens is 2. The smallest absolute Gasteiger partial charge is 0.416 e. The van der Waals surface area contributed by atoms with Crippen molar-refractivity contribution in [1.82, 2.24) is 9.13 Å². The number of rotatable bonds is 4. The molecule has 1 atom stereocenters. The van der Waals surface area contributed by atoms with Crippen LogP contribution in [0.5, 0.6) is 0 Å². The molecule has 0 saturated carbocycles. The van der Waals surface area contributed by atoms with Crippen LogP contribution in [0.25, 0.3) is 21.8 Å². The first kappa shape index (κ1) is 29.6. The van der Waals surface area contributed by atoms with E-state index in [9.17, 15) is 35.9 Å². The molecule has 2 aromatic heterocycles. The third-order valence-electron chi connectivity index (χ3n) is 6.32. The molecule has 0 amide bonds. The second-order valence-electron chi connectivity index (χ2n) is 9.20. The summed E-state index contributed by atoms with van der Waals surface area (Å²) in [6.07, 6.45) is -5.66. The summed E-state index contributed by atoms with van der Waals surface area (Å²) in [6.45, 7) is 4.77. The van der Waals surface area contributed by atoms with Crippen LogP contribution in [-0.2, 0) is 37.0 Å². The van der Waals surface area contributed by atoms with Gasteiger partial charge in [-0.3, -0.25) is 0 Å². The Morgan fingerprint density at radius 2 is 1.23 bits per heavy atom. The fourth-order valence-corrected chi connectivity index (χ4v) is 4.09. The first-order valence-corrected chi connectivity index (χ1v) is 11.5. The van der Waals surface area contributed by atoms with E-state index in [1.807, 2.05) is 0 Å². The number of hydrogen-bond donors (Lipinski definition) is 0. The topological polar surface area (TPSA) is 62.5 Å². The number of carbonyl (C=O) groups excluding carboxylic acids is 2. The molecule has 0 aliphatic heterocycles. The minimum atomic E-state index is -4.42. The highest BCUT2D eigenvalue weighted by molar-refractivity contribution is 5.86. The van der Waals surface area contributed by atoms with E-state index in [1.165, 1.54) is 35.5 Å². The van der Waals surface area contributed by atoms with Gasteiger partial charge in [-0.05, 0) is 67.9 Å². The van der Waals surface area contributed by atoms with E-state index in [4.69, 9.17) is 4.74 Å². The van der Waals surface area contributed by atoms with Crippen LogP contribution in [0.3, 0.4) is 0 Å². The summed E-state index contributed by atoms with van der Waals surface area (Å²) < 4.78 is 88.6. The van der Waals surface area contributed by atoms with Gasteiger partial charge in [0.05, 0.1) is 25.3 Å². The zero-order valence-electron chi connectivity index (χ0n) is 21.6. The van der Waals surface area contributed by atoms with E-state index in [0.29, 0.717) is 21.8 Å². The van der Waals surface area contributed by atoms with E-state index in [2.05, 4.69) is 4.74 Å². The standard InChI is InChI=1S/C14H14F3NO2.C13H12F3NO2/c1-13(2,12(19)20-3)18-7-6-9-4-5-10(8-11(9)18)14(15,16)17;1-8(12(18)19-2)17-6-5-9-3-4-10(7-11(9)17)13(14,15)16/h4-8H,1-3H3;3-8H,1-2H3. The zero-order chi connectivity index (χ0) is 29.3. The molecule has 6 nitrogen and oxygen atoms in total. The predicted octanol–water partition coefficient (Wildman–Crippen LogP) is 6.96. The second-order valence-corrected chi connectivity index (χ2v) is 9.20. The molecule has 0 bridgehead atoms. The largest absolute Gasteiger partial charge is 0.467 e. The Hall–Kier alpha value is -3.96. The lowest BCUT2D eigenvalue weighted by atomic mass is 10.1. The van der Waals surface area contributed by atoms with Gasteiger partial charge in [0, 0.05) is 23.4 Å². The lowest BCUT2D eigenvalue weighted by Gasteiger charge is -2.25. The van der Waals surface area contributed by atoms with Crippen molar-refractivity contribution < 1.29 is 45.4 Å². The number of nitrogens with zero attached hydrogens (tertiary/aromatic N) is 2. The van der Waals surface area contributed by atoms with E-state index < -0.39 is 47.0 Å². The summed E-state index contributed by atoms with van der Waals surface area (Å²) in [6, 6.07) is 9.56. The molecular formula is C27H26F6N2O4. The Morgan fingerprint density at radius 1 is 0.744 bits per heavy atom. The number of alkyl halides is 6. The van der Waals surface area contributed by atoms with E-state index in [1.54, 1.807) is 45.3 Å².